The minimum absolute atomic E-state index is 0.276. The molecule has 2 nitrogen and oxygen atoms in total. The third-order valence-corrected chi connectivity index (χ3v) is 3.60. The van der Waals surface area contributed by atoms with Crippen LogP contribution in [0.3, 0.4) is 0 Å². The predicted molar refractivity (Wildman–Crippen MR) is 70.5 cm³/mol. The summed E-state index contributed by atoms with van der Waals surface area (Å²) in [5, 5.41) is 3.34. The van der Waals surface area contributed by atoms with E-state index in [4.69, 9.17) is 0 Å². The zero-order chi connectivity index (χ0) is 14.0. The van der Waals surface area contributed by atoms with Gasteiger partial charge in [0.25, 0.3) is 0 Å². The lowest BCUT2D eigenvalue weighted by Crippen LogP contribution is -2.29. The van der Waals surface area contributed by atoms with Crippen molar-refractivity contribution in [1.29, 1.82) is 0 Å². The number of nitrogens with one attached hydrogen (secondary N) is 1. The van der Waals surface area contributed by atoms with Crippen molar-refractivity contribution in [3.8, 4) is 0 Å². The SMILES string of the molecule is Cc1ccc(N2CCNC(C)CC2)cc1C(F)(F)F. The van der Waals surface area contributed by atoms with Crippen LogP contribution in [-0.2, 0) is 6.18 Å². The number of alkyl halides is 3. The third kappa shape index (κ3) is 3.41. The van der Waals surface area contributed by atoms with Gasteiger partial charge in [-0.25, -0.2) is 0 Å². The van der Waals surface area contributed by atoms with Crippen LogP contribution in [0.2, 0.25) is 0 Å². The molecule has 0 aromatic heterocycles. The highest BCUT2D eigenvalue weighted by molar-refractivity contribution is 5.52. The van der Waals surface area contributed by atoms with Gasteiger partial charge in [0.1, 0.15) is 0 Å². The Kier molecular flexibility index (Phi) is 4.04. The average Bonchev–Trinajstić information content (AvgIpc) is 2.53. The highest BCUT2D eigenvalue weighted by Crippen LogP contribution is 2.34. The molecule has 0 radical (unpaired) electrons. The van der Waals surface area contributed by atoms with E-state index in [0.29, 0.717) is 11.7 Å². The van der Waals surface area contributed by atoms with Gasteiger partial charge in [0, 0.05) is 31.4 Å². The molecule has 0 spiro atoms. The van der Waals surface area contributed by atoms with Gasteiger partial charge in [-0.05, 0) is 38.0 Å². The van der Waals surface area contributed by atoms with Gasteiger partial charge in [0.2, 0.25) is 0 Å². The first-order valence-electron chi connectivity index (χ1n) is 6.54. The maximum atomic E-state index is 12.9. The Labute approximate surface area is 111 Å². The van der Waals surface area contributed by atoms with Crippen molar-refractivity contribution in [3.63, 3.8) is 0 Å². The topological polar surface area (TPSA) is 15.3 Å². The summed E-state index contributed by atoms with van der Waals surface area (Å²) in [6.07, 6.45) is -3.34. The van der Waals surface area contributed by atoms with E-state index in [1.54, 1.807) is 12.1 Å². The van der Waals surface area contributed by atoms with Crippen molar-refractivity contribution in [2.24, 2.45) is 0 Å². The van der Waals surface area contributed by atoms with E-state index >= 15 is 0 Å². The average molecular weight is 272 g/mol. The molecule has 1 aromatic carbocycles. The fourth-order valence-corrected chi connectivity index (χ4v) is 2.38. The predicted octanol–water partition coefficient (Wildman–Crippen LogP) is 3.20. The molecule has 5 heteroatoms. The second-order valence-electron chi connectivity index (χ2n) is 5.13. The van der Waals surface area contributed by atoms with Crippen LogP contribution >= 0.6 is 0 Å². The first-order chi connectivity index (χ1) is 8.88. The van der Waals surface area contributed by atoms with Crippen LogP contribution in [0.1, 0.15) is 24.5 Å². The van der Waals surface area contributed by atoms with Gasteiger partial charge in [-0.2, -0.15) is 13.2 Å². The van der Waals surface area contributed by atoms with Crippen LogP contribution in [0.4, 0.5) is 18.9 Å². The molecule has 1 aromatic rings. The first kappa shape index (κ1) is 14.2. The van der Waals surface area contributed by atoms with E-state index in [0.717, 1.165) is 26.1 Å². The molecule has 1 saturated heterocycles. The molecule has 1 aliphatic heterocycles. The molecule has 0 amide bonds. The fourth-order valence-electron chi connectivity index (χ4n) is 2.38. The molecular weight excluding hydrogens is 253 g/mol. The number of hydrogen-bond donors (Lipinski definition) is 1. The maximum Gasteiger partial charge on any atom is 0.416 e. The smallest absolute Gasteiger partial charge is 0.370 e. The molecule has 0 aliphatic carbocycles. The summed E-state index contributed by atoms with van der Waals surface area (Å²) in [7, 11) is 0. The van der Waals surface area contributed by atoms with Crippen LogP contribution in [0.25, 0.3) is 0 Å². The second-order valence-corrected chi connectivity index (χ2v) is 5.13. The van der Waals surface area contributed by atoms with E-state index < -0.39 is 11.7 Å². The third-order valence-electron chi connectivity index (χ3n) is 3.60. The lowest BCUT2D eigenvalue weighted by Gasteiger charge is -2.24. The van der Waals surface area contributed by atoms with Gasteiger partial charge in [-0.15, -0.1) is 0 Å². The zero-order valence-electron chi connectivity index (χ0n) is 11.2. The molecule has 2 rings (SSSR count). The monoisotopic (exact) mass is 272 g/mol. The molecule has 106 valence electrons. The number of benzene rings is 1. The van der Waals surface area contributed by atoms with Crippen molar-refractivity contribution in [1.82, 2.24) is 5.32 Å². The zero-order valence-corrected chi connectivity index (χ0v) is 11.2. The Bertz CT molecular complexity index is 443. The second kappa shape index (κ2) is 5.41. The highest BCUT2D eigenvalue weighted by Gasteiger charge is 2.32. The van der Waals surface area contributed by atoms with E-state index in [9.17, 15) is 13.2 Å². The van der Waals surface area contributed by atoms with Gasteiger partial charge in [0.15, 0.2) is 0 Å². The van der Waals surface area contributed by atoms with Gasteiger partial charge in [-0.3, -0.25) is 0 Å². The summed E-state index contributed by atoms with van der Waals surface area (Å²) in [5.74, 6) is 0. The molecule has 1 heterocycles. The Hall–Kier alpha value is -1.23. The van der Waals surface area contributed by atoms with E-state index in [2.05, 4.69) is 12.2 Å². The molecule has 1 unspecified atom stereocenters. The van der Waals surface area contributed by atoms with Crippen LogP contribution < -0.4 is 10.2 Å². The Balaban J connectivity index is 2.25. The summed E-state index contributed by atoms with van der Waals surface area (Å²) in [5.41, 5.74) is 0.404. The molecule has 19 heavy (non-hydrogen) atoms. The van der Waals surface area contributed by atoms with E-state index in [-0.39, 0.29) is 5.56 Å². The number of hydrogen-bond acceptors (Lipinski definition) is 2. The molecule has 1 N–H and O–H groups in total. The van der Waals surface area contributed by atoms with E-state index in [1.807, 2.05) is 4.90 Å². The van der Waals surface area contributed by atoms with Gasteiger partial charge >= 0.3 is 6.18 Å². The molecule has 1 fully saturated rings. The molecular formula is C14H19F3N2. The summed E-state index contributed by atoms with van der Waals surface area (Å²) in [6, 6.07) is 5.02. The Morgan fingerprint density at radius 2 is 2.00 bits per heavy atom. The van der Waals surface area contributed by atoms with Crippen molar-refractivity contribution in [2.75, 3.05) is 24.5 Å². The van der Waals surface area contributed by atoms with Crippen LogP contribution in [0, 0.1) is 6.92 Å². The van der Waals surface area contributed by atoms with Crippen LogP contribution in [-0.4, -0.2) is 25.7 Å². The van der Waals surface area contributed by atoms with Crippen molar-refractivity contribution in [2.45, 2.75) is 32.5 Å². The quantitative estimate of drug-likeness (QED) is 0.844. The number of anilines is 1. The normalized spacial score (nSPS) is 21.3. The Morgan fingerprint density at radius 1 is 1.26 bits per heavy atom. The van der Waals surface area contributed by atoms with Gasteiger partial charge in [-0.1, -0.05) is 6.07 Å². The van der Waals surface area contributed by atoms with Crippen molar-refractivity contribution >= 4 is 5.69 Å². The molecule has 1 atom stereocenters. The molecule has 1 aliphatic rings. The largest absolute Gasteiger partial charge is 0.416 e. The summed E-state index contributed by atoms with van der Waals surface area (Å²) in [6.45, 7) is 5.92. The lowest BCUT2D eigenvalue weighted by molar-refractivity contribution is -0.138. The summed E-state index contributed by atoms with van der Waals surface area (Å²) >= 11 is 0. The summed E-state index contributed by atoms with van der Waals surface area (Å²) < 4.78 is 38.7. The first-order valence-corrected chi connectivity index (χ1v) is 6.54. The number of nitrogens with zero attached hydrogens (tertiary/aromatic N) is 1. The van der Waals surface area contributed by atoms with Crippen LogP contribution in [0.5, 0.6) is 0 Å². The van der Waals surface area contributed by atoms with Crippen molar-refractivity contribution < 1.29 is 13.2 Å². The highest BCUT2D eigenvalue weighted by atomic mass is 19.4. The molecule has 0 saturated carbocycles. The summed E-state index contributed by atoms with van der Waals surface area (Å²) in [4.78, 5) is 2.02. The number of rotatable bonds is 1. The van der Waals surface area contributed by atoms with Gasteiger partial charge < -0.3 is 10.2 Å². The fraction of sp³-hybridized carbons (Fsp3) is 0.571. The lowest BCUT2D eigenvalue weighted by atomic mass is 10.1. The van der Waals surface area contributed by atoms with E-state index in [1.165, 1.54) is 13.0 Å². The molecule has 0 bridgehead atoms. The maximum absolute atomic E-state index is 12.9. The number of halogens is 3. The Morgan fingerprint density at radius 3 is 2.68 bits per heavy atom. The standard InChI is InChI=1S/C14H19F3N2/c1-10-3-4-12(9-13(10)14(15,16)17)19-7-5-11(2)18-6-8-19/h3-4,9,11,18H,5-8H2,1-2H3. The minimum atomic E-state index is -4.28. The van der Waals surface area contributed by atoms with Gasteiger partial charge in [0.05, 0.1) is 5.56 Å². The number of aryl methyl sites for hydroxylation is 1. The van der Waals surface area contributed by atoms with Crippen molar-refractivity contribution in [3.05, 3.63) is 29.3 Å². The van der Waals surface area contributed by atoms with Crippen LogP contribution in [0.15, 0.2) is 18.2 Å². The minimum Gasteiger partial charge on any atom is -0.370 e.